The number of aromatic hydroxyl groups is 2. The van der Waals surface area contributed by atoms with Crippen molar-refractivity contribution in [1.29, 1.82) is 0 Å². The zero-order chi connectivity index (χ0) is 15.7. The van der Waals surface area contributed by atoms with Gasteiger partial charge in [-0.3, -0.25) is 0 Å². The number of fused-ring (bicyclic) bond motifs is 1. The van der Waals surface area contributed by atoms with Crippen LogP contribution in [0.4, 0.5) is 0 Å². The van der Waals surface area contributed by atoms with Gasteiger partial charge in [0.2, 0.25) is 0 Å². The normalized spacial score (nSPS) is 22.5. The van der Waals surface area contributed by atoms with Gasteiger partial charge in [-0.15, -0.1) is 6.58 Å². The van der Waals surface area contributed by atoms with Crippen LogP contribution in [0.2, 0.25) is 0 Å². The van der Waals surface area contributed by atoms with Crippen molar-refractivity contribution >= 4 is 0 Å². The fourth-order valence-corrected chi connectivity index (χ4v) is 3.71. The topological polar surface area (TPSA) is 49.7 Å². The lowest BCUT2D eigenvalue weighted by molar-refractivity contribution is 0.332. The molecule has 0 bridgehead atoms. The van der Waals surface area contributed by atoms with Gasteiger partial charge in [0, 0.05) is 16.7 Å². The highest BCUT2D eigenvalue weighted by molar-refractivity contribution is 5.64. The standard InChI is InChI=1S/C18H26O3/c1-6-7-10(2)13-9-8-11(3)14-15(13)18(21-5)12(4)16(19)17(14)20/h6,10-11,13,19-20H,1,7-9H2,2-5H3/t10-,11-,13+/m0/s1. The van der Waals surface area contributed by atoms with E-state index in [0.717, 1.165) is 36.1 Å². The molecule has 0 spiro atoms. The quantitative estimate of drug-likeness (QED) is 0.629. The zero-order valence-corrected chi connectivity index (χ0v) is 13.4. The van der Waals surface area contributed by atoms with Crippen molar-refractivity contribution in [3.8, 4) is 17.2 Å². The fourth-order valence-electron chi connectivity index (χ4n) is 3.71. The van der Waals surface area contributed by atoms with Gasteiger partial charge in [-0.25, -0.2) is 0 Å². The van der Waals surface area contributed by atoms with Crippen LogP contribution in [0.5, 0.6) is 17.2 Å². The van der Waals surface area contributed by atoms with Gasteiger partial charge in [0.15, 0.2) is 11.5 Å². The Bertz CT molecular complexity index is 548. The average Bonchev–Trinajstić information content (AvgIpc) is 2.45. The summed E-state index contributed by atoms with van der Waals surface area (Å²) in [6, 6.07) is 0. The number of phenolic OH excluding ortho intramolecular Hbond substituents is 2. The predicted molar refractivity (Wildman–Crippen MR) is 85.4 cm³/mol. The number of hydrogen-bond donors (Lipinski definition) is 2. The molecule has 0 fully saturated rings. The molecule has 2 rings (SSSR count). The molecule has 2 N–H and O–H groups in total. The Kier molecular flexibility index (Phi) is 4.50. The molecule has 0 saturated heterocycles. The molecule has 1 aliphatic carbocycles. The van der Waals surface area contributed by atoms with E-state index in [9.17, 15) is 10.2 Å². The number of ether oxygens (including phenoxy) is 1. The minimum atomic E-state index is -0.0468. The van der Waals surface area contributed by atoms with E-state index in [1.165, 1.54) is 0 Å². The van der Waals surface area contributed by atoms with Gasteiger partial charge in [-0.1, -0.05) is 19.9 Å². The number of methoxy groups -OCH3 is 1. The summed E-state index contributed by atoms with van der Waals surface area (Å²) >= 11 is 0. The maximum Gasteiger partial charge on any atom is 0.164 e. The molecule has 3 nitrogen and oxygen atoms in total. The van der Waals surface area contributed by atoms with Crippen molar-refractivity contribution < 1.29 is 14.9 Å². The molecule has 0 unspecified atom stereocenters. The number of allylic oxidation sites excluding steroid dienone is 1. The Hall–Kier alpha value is -1.64. The van der Waals surface area contributed by atoms with Crippen LogP contribution < -0.4 is 4.74 Å². The van der Waals surface area contributed by atoms with Crippen LogP contribution in [0, 0.1) is 12.8 Å². The highest BCUT2D eigenvalue weighted by Gasteiger charge is 2.35. The molecule has 0 amide bonds. The minimum Gasteiger partial charge on any atom is -0.504 e. The van der Waals surface area contributed by atoms with Crippen LogP contribution in [-0.4, -0.2) is 17.3 Å². The maximum atomic E-state index is 10.4. The van der Waals surface area contributed by atoms with E-state index in [4.69, 9.17) is 4.74 Å². The van der Waals surface area contributed by atoms with E-state index in [1.807, 2.05) is 6.08 Å². The Morgan fingerprint density at radius 1 is 1.29 bits per heavy atom. The second kappa shape index (κ2) is 6.00. The summed E-state index contributed by atoms with van der Waals surface area (Å²) in [5, 5.41) is 20.6. The van der Waals surface area contributed by atoms with Gasteiger partial charge in [0.05, 0.1) is 7.11 Å². The summed E-state index contributed by atoms with van der Waals surface area (Å²) in [5.41, 5.74) is 2.57. The Labute approximate surface area is 127 Å². The van der Waals surface area contributed by atoms with Crippen LogP contribution >= 0.6 is 0 Å². The van der Waals surface area contributed by atoms with Crippen LogP contribution in [-0.2, 0) is 0 Å². The summed E-state index contributed by atoms with van der Waals surface area (Å²) < 4.78 is 5.59. The molecule has 0 aliphatic heterocycles. The average molecular weight is 290 g/mol. The first-order valence-electron chi connectivity index (χ1n) is 7.67. The summed E-state index contributed by atoms with van der Waals surface area (Å²) in [5.74, 6) is 1.71. The van der Waals surface area contributed by atoms with E-state index in [-0.39, 0.29) is 17.4 Å². The van der Waals surface area contributed by atoms with Crippen molar-refractivity contribution in [2.75, 3.05) is 7.11 Å². The molecule has 3 atom stereocenters. The lowest BCUT2D eigenvalue weighted by Gasteiger charge is -2.35. The van der Waals surface area contributed by atoms with Gasteiger partial charge >= 0.3 is 0 Å². The molecular weight excluding hydrogens is 264 g/mol. The van der Waals surface area contributed by atoms with Crippen LogP contribution in [0.25, 0.3) is 0 Å². The molecule has 1 aromatic carbocycles. The molecule has 0 radical (unpaired) electrons. The monoisotopic (exact) mass is 290 g/mol. The largest absolute Gasteiger partial charge is 0.504 e. The second-order valence-corrected chi connectivity index (χ2v) is 6.27. The van der Waals surface area contributed by atoms with Gasteiger partial charge in [0.1, 0.15) is 5.75 Å². The first-order valence-corrected chi connectivity index (χ1v) is 7.67. The van der Waals surface area contributed by atoms with Crippen molar-refractivity contribution in [3.63, 3.8) is 0 Å². The molecule has 0 heterocycles. The van der Waals surface area contributed by atoms with Crippen LogP contribution in [0.1, 0.15) is 61.6 Å². The third-order valence-corrected chi connectivity index (χ3v) is 4.91. The number of phenols is 2. The van der Waals surface area contributed by atoms with E-state index < -0.39 is 0 Å². The molecule has 21 heavy (non-hydrogen) atoms. The van der Waals surface area contributed by atoms with E-state index in [1.54, 1.807) is 14.0 Å². The Morgan fingerprint density at radius 3 is 2.52 bits per heavy atom. The fraction of sp³-hybridized carbons (Fsp3) is 0.556. The first-order chi connectivity index (χ1) is 9.93. The summed E-state index contributed by atoms with van der Waals surface area (Å²) in [7, 11) is 1.63. The van der Waals surface area contributed by atoms with Crippen LogP contribution in [0.3, 0.4) is 0 Å². The van der Waals surface area contributed by atoms with E-state index >= 15 is 0 Å². The molecule has 0 saturated carbocycles. The molecule has 0 aromatic heterocycles. The highest BCUT2D eigenvalue weighted by Crippen LogP contribution is 2.54. The van der Waals surface area contributed by atoms with E-state index in [0.29, 0.717) is 17.4 Å². The van der Waals surface area contributed by atoms with Crippen molar-refractivity contribution in [2.24, 2.45) is 5.92 Å². The summed E-state index contributed by atoms with van der Waals surface area (Å²) in [6.07, 6.45) is 4.96. The molecular formula is C18H26O3. The van der Waals surface area contributed by atoms with E-state index in [2.05, 4.69) is 20.4 Å². The van der Waals surface area contributed by atoms with Gasteiger partial charge in [-0.2, -0.15) is 0 Å². The lowest BCUT2D eigenvalue weighted by Crippen LogP contribution is -2.20. The number of benzene rings is 1. The van der Waals surface area contributed by atoms with Gasteiger partial charge in [-0.05, 0) is 43.9 Å². The molecule has 3 heteroatoms. The SMILES string of the molecule is C=CC[C@H](C)[C@H]1CC[C@H](C)c2c(O)c(O)c(C)c(OC)c21. The number of rotatable bonds is 4. The van der Waals surface area contributed by atoms with Crippen LogP contribution in [0.15, 0.2) is 12.7 Å². The summed E-state index contributed by atoms with van der Waals surface area (Å²) in [4.78, 5) is 0. The predicted octanol–water partition coefficient (Wildman–Crippen LogP) is 4.61. The lowest BCUT2D eigenvalue weighted by atomic mass is 9.70. The third kappa shape index (κ3) is 2.50. The maximum absolute atomic E-state index is 10.4. The van der Waals surface area contributed by atoms with Crippen molar-refractivity contribution in [1.82, 2.24) is 0 Å². The smallest absolute Gasteiger partial charge is 0.164 e. The Morgan fingerprint density at radius 2 is 1.95 bits per heavy atom. The minimum absolute atomic E-state index is 0.0336. The molecule has 1 aliphatic rings. The Balaban J connectivity index is 2.69. The highest BCUT2D eigenvalue weighted by atomic mass is 16.5. The summed E-state index contributed by atoms with van der Waals surface area (Å²) in [6.45, 7) is 9.94. The van der Waals surface area contributed by atoms with Crippen molar-refractivity contribution in [3.05, 3.63) is 29.3 Å². The van der Waals surface area contributed by atoms with Gasteiger partial charge in [0.25, 0.3) is 0 Å². The zero-order valence-electron chi connectivity index (χ0n) is 13.4. The third-order valence-electron chi connectivity index (χ3n) is 4.91. The number of hydrogen-bond acceptors (Lipinski definition) is 3. The second-order valence-electron chi connectivity index (χ2n) is 6.27. The first kappa shape index (κ1) is 15.7. The molecule has 116 valence electrons. The molecule has 1 aromatic rings. The van der Waals surface area contributed by atoms with Crippen molar-refractivity contribution in [2.45, 2.75) is 51.9 Å². The van der Waals surface area contributed by atoms with Gasteiger partial charge < -0.3 is 14.9 Å².